The molecule has 3 rings (SSSR count). The van der Waals surface area contributed by atoms with Crippen molar-refractivity contribution < 1.29 is 17.9 Å². The average molecular weight is 417 g/mol. The number of sulfonamides is 1. The Bertz CT molecular complexity index is 952. The monoisotopic (exact) mass is 416 g/mol. The molecule has 1 atom stereocenters. The Balaban J connectivity index is 1.61. The smallest absolute Gasteiger partial charge is 0.243 e. The molecule has 1 aliphatic rings. The predicted molar refractivity (Wildman–Crippen MR) is 112 cm³/mol. The van der Waals surface area contributed by atoms with E-state index >= 15 is 0 Å². The number of hydrogen-bond donors (Lipinski definition) is 1. The maximum Gasteiger partial charge on any atom is 0.243 e. The highest BCUT2D eigenvalue weighted by molar-refractivity contribution is 7.89. The molecule has 1 N–H and O–H groups in total. The molecule has 2 aromatic carbocycles. The molecule has 1 heterocycles. The van der Waals surface area contributed by atoms with Gasteiger partial charge in [-0.3, -0.25) is 4.79 Å². The highest BCUT2D eigenvalue weighted by atomic mass is 32.2. The third kappa shape index (κ3) is 4.79. The second-order valence-electron chi connectivity index (χ2n) is 7.45. The van der Waals surface area contributed by atoms with Gasteiger partial charge in [0.1, 0.15) is 5.75 Å². The van der Waals surface area contributed by atoms with E-state index in [4.69, 9.17) is 4.74 Å². The number of carbonyl (C=O) groups is 1. The van der Waals surface area contributed by atoms with E-state index < -0.39 is 10.0 Å². The molecule has 0 bridgehead atoms. The van der Waals surface area contributed by atoms with Crippen LogP contribution < -0.4 is 10.1 Å². The maximum absolute atomic E-state index is 13.0. The number of carbonyl (C=O) groups excluding carboxylic acids is 1. The first kappa shape index (κ1) is 21.3. The van der Waals surface area contributed by atoms with Gasteiger partial charge in [0.05, 0.1) is 18.0 Å². The number of ether oxygens (including phenoxy) is 1. The molecule has 29 heavy (non-hydrogen) atoms. The van der Waals surface area contributed by atoms with Gasteiger partial charge in [0, 0.05) is 19.0 Å². The number of amides is 1. The standard InChI is InChI=1S/C22H28N2O4S/c1-16-15-20(9-10-21(16)28-3)29(26,27)24-13-11-19(12-14-24)22(25)23-17(2)18-7-5-4-6-8-18/h4-10,15,17,19H,11-14H2,1-3H3,(H,23,25)/t17-/m0/s1. The van der Waals surface area contributed by atoms with Crippen LogP contribution in [0.15, 0.2) is 53.4 Å². The van der Waals surface area contributed by atoms with Crippen molar-refractivity contribution in [1.29, 1.82) is 0 Å². The van der Waals surface area contributed by atoms with Crippen LogP contribution in [-0.4, -0.2) is 38.8 Å². The summed E-state index contributed by atoms with van der Waals surface area (Å²) in [6.45, 7) is 4.46. The van der Waals surface area contributed by atoms with E-state index in [0.29, 0.717) is 31.7 Å². The van der Waals surface area contributed by atoms with Crippen LogP contribution in [-0.2, 0) is 14.8 Å². The van der Waals surface area contributed by atoms with Crippen molar-refractivity contribution in [3.05, 3.63) is 59.7 Å². The summed E-state index contributed by atoms with van der Waals surface area (Å²) >= 11 is 0. The summed E-state index contributed by atoms with van der Waals surface area (Å²) < 4.78 is 32.6. The molecular weight excluding hydrogens is 388 g/mol. The van der Waals surface area contributed by atoms with Crippen LogP contribution in [0.25, 0.3) is 0 Å². The van der Waals surface area contributed by atoms with Gasteiger partial charge in [-0.1, -0.05) is 30.3 Å². The summed E-state index contributed by atoms with van der Waals surface area (Å²) in [6, 6.07) is 14.6. The third-order valence-corrected chi connectivity index (χ3v) is 7.38. The lowest BCUT2D eigenvalue weighted by Gasteiger charge is -2.31. The largest absolute Gasteiger partial charge is 0.496 e. The first-order valence-electron chi connectivity index (χ1n) is 9.83. The van der Waals surface area contributed by atoms with Gasteiger partial charge in [0.15, 0.2) is 0 Å². The number of hydrogen-bond acceptors (Lipinski definition) is 4. The van der Waals surface area contributed by atoms with E-state index in [-0.39, 0.29) is 22.8 Å². The molecule has 0 aliphatic carbocycles. The van der Waals surface area contributed by atoms with Gasteiger partial charge in [0.25, 0.3) is 0 Å². The minimum Gasteiger partial charge on any atom is -0.496 e. The average Bonchev–Trinajstić information content (AvgIpc) is 2.74. The van der Waals surface area contributed by atoms with Crippen molar-refractivity contribution in [1.82, 2.24) is 9.62 Å². The van der Waals surface area contributed by atoms with Crippen molar-refractivity contribution in [2.24, 2.45) is 5.92 Å². The summed E-state index contributed by atoms with van der Waals surface area (Å²) in [7, 11) is -2.02. The number of methoxy groups -OCH3 is 1. The molecule has 0 unspecified atom stereocenters. The van der Waals surface area contributed by atoms with Gasteiger partial charge < -0.3 is 10.1 Å². The molecule has 1 amide bonds. The Hall–Kier alpha value is -2.38. The first-order valence-corrected chi connectivity index (χ1v) is 11.3. The van der Waals surface area contributed by atoms with Gasteiger partial charge in [-0.05, 0) is 56.0 Å². The highest BCUT2D eigenvalue weighted by Crippen LogP contribution is 2.27. The van der Waals surface area contributed by atoms with Crippen molar-refractivity contribution >= 4 is 15.9 Å². The Labute approximate surface area is 172 Å². The minimum absolute atomic E-state index is 0.0151. The van der Waals surface area contributed by atoms with Gasteiger partial charge in [-0.2, -0.15) is 4.31 Å². The number of benzene rings is 2. The number of aryl methyl sites for hydroxylation is 1. The molecule has 0 spiro atoms. The number of rotatable bonds is 6. The molecule has 0 aromatic heterocycles. The first-order chi connectivity index (χ1) is 13.8. The number of nitrogens with one attached hydrogen (secondary N) is 1. The van der Waals surface area contributed by atoms with Crippen molar-refractivity contribution in [3.8, 4) is 5.75 Å². The lowest BCUT2D eigenvalue weighted by Crippen LogP contribution is -2.43. The Morgan fingerprint density at radius 2 is 1.79 bits per heavy atom. The second-order valence-corrected chi connectivity index (χ2v) is 9.39. The summed E-state index contributed by atoms with van der Waals surface area (Å²) in [5.41, 5.74) is 1.83. The van der Waals surface area contributed by atoms with Crippen molar-refractivity contribution in [2.75, 3.05) is 20.2 Å². The van der Waals surface area contributed by atoms with Crippen LogP contribution in [0.1, 0.15) is 36.9 Å². The van der Waals surface area contributed by atoms with Gasteiger partial charge in [-0.15, -0.1) is 0 Å². The molecule has 156 valence electrons. The van der Waals surface area contributed by atoms with Gasteiger partial charge in [-0.25, -0.2) is 8.42 Å². The number of piperidine rings is 1. The molecule has 1 saturated heterocycles. The van der Waals surface area contributed by atoms with Crippen LogP contribution >= 0.6 is 0 Å². The second kappa shape index (κ2) is 8.97. The van der Waals surface area contributed by atoms with Crippen LogP contribution in [0, 0.1) is 12.8 Å². The summed E-state index contributed by atoms with van der Waals surface area (Å²) in [5, 5.41) is 3.05. The normalized spacial score (nSPS) is 16.9. The molecule has 0 saturated carbocycles. The zero-order valence-electron chi connectivity index (χ0n) is 17.1. The fourth-order valence-corrected chi connectivity index (χ4v) is 5.23. The zero-order chi connectivity index (χ0) is 21.0. The van der Waals surface area contributed by atoms with Crippen LogP contribution in [0.3, 0.4) is 0 Å². The van der Waals surface area contributed by atoms with E-state index in [1.54, 1.807) is 25.3 Å². The van der Waals surface area contributed by atoms with E-state index in [9.17, 15) is 13.2 Å². The Morgan fingerprint density at radius 1 is 1.14 bits per heavy atom. The maximum atomic E-state index is 13.0. The third-order valence-electron chi connectivity index (χ3n) is 5.49. The molecule has 6 nitrogen and oxygen atoms in total. The van der Waals surface area contributed by atoms with Gasteiger partial charge in [0.2, 0.25) is 15.9 Å². The van der Waals surface area contributed by atoms with E-state index in [2.05, 4.69) is 5.32 Å². The lowest BCUT2D eigenvalue weighted by atomic mass is 9.96. The number of nitrogens with zero attached hydrogens (tertiary/aromatic N) is 1. The van der Waals surface area contributed by atoms with Crippen molar-refractivity contribution in [3.63, 3.8) is 0 Å². The Morgan fingerprint density at radius 3 is 2.38 bits per heavy atom. The van der Waals surface area contributed by atoms with Gasteiger partial charge >= 0.3 is 0 Å². The Kier molecular flexibility index (Phi) is 6.59. The molecular formula is C22H28N2O4S. The topological polar surface area (TPSA) is 75.7 Å². The zero-order valence-corrected chi connectivity index (χ0v) is 17.9. The van der Waals surface area contributed by atoms with Crippen LogP contribution in [0.4, 0.5) is 0 Å². The fraction of sp³-hybridized carbons (Fsp3) is 0.409. The van der Waals surface area contributed by atoms with Crippen LogP contribution in [0.5, 0.6) is 5.75 Å². The molecule has 7 heteroatoms. The fourth-order valence-electron chi connectivity index (χ4n) is 3.68. The molecule has 1 fully saturated rings. The lowest BCUT2D eigenvalue weighted by molar-refractivity contribution is -0.126. The quantitative estimate of drug-likeness (QED) is 0.784. The van der Waals surface area contributed by atoms with E-state index in [1.807, 2.05) is 44.2 Å². The highest BCUT2D eigenvalue weighted by Gasteiger charge is 2.32. The van der Waals surface area contributed by atoms with Crippen LogP contribution in [0.2, 0.25) is 0 Å². The predicted octanol–water partition coefficient (Wildman–Crippen LogP) is 3.28. The molecule has 0 radical (unpaired) electrons. The van der Waals surface area contributed by atoms with E-state index in [0.717, 1.165) is 11.1 Å². The summed E-state index contributed by atoms with van der Waals surface area (Å²) in [5.74, 6) is 0.468. The SMILES string of the molecule is COc1ccc(S(=O)(=O)N2CCC(C(=O)N[C@@H](C)c3ccccc3)CC2)cc1C. The summed E-state index contributed by atoms with van der Waals surface area (Å²) in [4.78, 5) is 12.9. The van der Waals surface area contributed by atoms with Crippen molar-refractivity contribution in [2.45, 2.75) is 37.6 Å². The van der Waals surface area contributed by atoms with E-state index in [1.165, 1.54) is 4.31 Å². The summed E-state index contributed by atoms with van der Waals surface area (Å²) in [6.07, 6.45) is 1.03. The molecule has 1 aliphatic heterocycles. The minimum atomic E-state index is -3.58. The molecule has 2 aromatic rings.